The predicted molar refractivity (Wildman–Crippen MR) is 72.2 cm³/mol. The van der Waals surface area contributed by atoms with Crippen LogP contribution in [0.1, 0.15) is 36.0 Å². The van der Waals surface area contributed by atoms with Gasteiger partial charge in [0.25, 0.3) is 5.91 Å². The fourth-order valence-electron chi connectivity index (χ4n) is 2.64. The van der Waals surface area contributed by atoms with Gasteiger partial charge < -0.3 is 14.8 Å². The summed E-state index contributed by atoms with van der Waals surface area (Å²) < 4.78 is 10.8. The van der Waals surface area contributed by atoms with Gasteiger partial charge in [0.2, 0.25) is 5.78 Å². The van der Waals surface area contributed by atoms with E-state index in [9.17, 15) is 9.59 Å². The Kier molecular flexibility index (Phi) is 3.58. The van der Waals surface area contributed by atoms with Crippen molar-refractivity contribution in [2.75, 3.05) is 13.2 Å². The monoisotopic (exact) mass is 275 g/mol. The molecule has 1 N–H and O–H groups in total. The van der Waals surface area contributed by atoms with Gasteiger partial charge in [-0.05, 0) is 31.0 Å². The van der Waals surface area contributed by atoms with Crippen LogP contribution in [-0.2, 0) is 4.79 Å². The van der Waals surface area contributed by atoms with Crippen molar-refractivity contribution in [3.63, 3.8) is 0 Å². The standard InChI is InChI=1S/C15H17NO4/c17-14(15(18)16-11-3-1-2-4-11)10-5-6-12-13(9-10)20-8-7-19-12/h5-6,9,11H,1-4,7-8H2,(H,16,18). The number of ketones is 1. The highest BCUT2D eigenvalue weighted by Crippen LogP contribution is 2.30. The average Bonchev–Trinajstić information content (AvgIpc) is 2.99. The largest absolute Gasteiger partial charge is 0.486 e. The number of rotatable bonds is 3. The normalized spacial score (nSPS) is 17.8. The highest BCUT2D eigenvalue weighted by molar-refractivity contribution is 6.42. The third-order valence-corrected chi connectivity index (χ3v) is 3.70. The highest BCUT2D eigenvalue weighted by Gasteiger charge is 2.23. The molecule has 5 heteroatoms. The Bertz CT molecular complexity index is 535. The summed E-state index contributed by atoms with van der Waals surface area (Å²) in [7, 11) is 0. The predicted octanol–water partition coefficient (Wildman–Crippen LogP) is 1.70. The minimum Gasteiger partial charge on any atom is -0.486 e. The lowest BCUT2D eigenvalue weighted by Gasteiger charge is -2.18. The molecule has 106 valence electrons. The van der Waals surface area contributed by atoms with Crippen molar-refractivity contribution >= 4 is 11.7 Å². The second-order valence-electron chi connectivity index (χ2n) is 5.14. The van der Waals surface area contributed by atoms with Crippen LogP contribution >= 0.6 is 0 Å². The van der Waals surface area contributed by atoms with E-state index in [-0.39, 0.29) is 6.04 Å². The fourth-order valence-corrected chi connectivity index (χ4v) is 2.64. The Labute approximate surface area is 117 Å². The van der Waals surface area contributed by atoms with E-state index in [0.29, 0.717) is 30.3 Å². The van der Waals surface area contributed by atoms with Gasteiger partial charge in [0.15, 0.2) is 11.5 Å². The molecule has 0 aromatic heterocycles. The minimum atomic E-state index is -0.534. The molecule has 0 bridgehead atoms. The maximum absolute atomic E-state index is 12.1. The molecule has 1 heterocycles. The lowest BCUT2D eigenvalue weighted by atomic mass is 10.1. The van der Waals surface area contributed by atoms with Crippen molar-refractivity contribution < 1.29 is 19.1 Å². The first-order valence-corrected chi connectivity index (χ1v) is 6.99. The van der Waals surface area contributed by atoms with Gasteiger partial charge in [-0.1, -0.05) is 12.8 Å². The van der Waals surface area contributed by atoms with Gasteiger partial charge in [0.1, 0.15) is 13.2 Å². The molecule has 3 rings (SSSR count). The van der Waals surface area contributed by atoms with Crippen molar-refractivity contribution in [3.8, 4) is 11.5 Å². The van der Waals surface area contributed by atoms with Gasteiger partial charge in [-0.25, -0.2) is 0 Å². The van der Waals surface area contributed by atoms with E-state index in [4.69, 9.17) is 9.47 Å². The summed E-state index contributed by atoms with van der Waals surface area (Å²) in [5.41, 5.74) is 0.338. The number of nitrogens with one attached hydrogen (secondary N) is 1. The molecule has 0 atom stereocenters. The van der Waals surface area contributed by atoms with Crippen molar-refractivity contribution in [1.82, 2.24) is 5.32 Å². The molecular formula is C15H17NO4. The van der Waals surface area contributed by atoms with E-state index in [2.05, 4.69) is 5.32 Å². The summed E-state index contributed by atoms with van der Waals surface area (Å²) in [5, 5.41) is 2.80. The minimum absolute atomic E-state index is 0.142. The molecule has 0 saturated heterocycles. The Balaban J connectivity index is 1.71. The Morgan fingerprint density at radius 3 is 2.50 bits per heavy atom. The smallest absolute Gasteiger partial charge is 0.292 e. The second-order valence-corrected chi connectivity index (χ2v) is 5.14. The molecule has 5 nitrogen and oxygen atoms in total. The number of amides is 1. The zero-order valence-electron chi connectivity index (χ0n) is 11.2. The Hall–Kier alpha value is -2.04. The third-order valence-electron chi connectivity index (χ3n) is 3.70. The van der Waals surface area contributed by atoms with Crippen LogP contribution in [0.25, 0.3) is 0 Å². The number of fused-ring (bicyclic) bond motifs is 1. The van der Waals surface area contributed by atoms with Crippen LogP contribution in [0, 0.1) is 0 Å². The number of hydrogen-bond donors (Lipinski definition) is 1. The first kappa shape index (κ1) is 13.0. The van der Waals surface area contributed by atoms with Gasteiger partial charge in [0, 0.05) is 11.6 Å². The van der Waals surface area contributed by atoms with E-state index in [1.54, 1.807) is 18.2 Å². The topological polar surface area (TPSA) is 64.6 Å². The summed E-state index contributed by atoms with van der Waals surface area (Å²) in [6, 6.07) is 4.99. The molecule has 1 fully saturated rings. The van der Waals surface area contributed by atoms with Crippen LogP contribution in [-0.4, -0.2) is 30.9 Å². The van der Waals surface area contributed by atoms with E-state index < -0.39 is 11.7 Å². The first-order chi connectivity index (χ1) is 9.74. The summed E-state index contributed by atoms with van der Waals surface area (Å²) in [6.45, 7) is 0.960. The lowest BCUT2D eigenvalue weighted by Crippen LogP contribution is -2.37. The summed E-state index contributed by atoms with van der Waals surface area (Å²) in [6.07, 6.45) is 4.15. The van der Waals surface area contributed by atoms with Crippen LogP contribution in [0.15, 0.2) is 18.2 Å². The Morgan fingerprint density at radius 2 is 1.75 bits per heavy atom. The van der Waals surface area contributed by atoms with Crippen LogP contribution in [0.4, 0.5) is 0 Å². The van der Waals surface area contributed by atoms with Crippen LogP contribution < -0.4 is 14.8 Å². The molecular weight excluding hydrogens is 258 g/mol. The third kappa shape index (κ3) is 2.61. The van der Waals surface area contributed by atoms with E-state index in [1.807, 2.05) is 0 Å². The fraction of sp³-hybridized carbons (Fsp3) is 0.467. The number of ether oxygens (including phenoxy) is 2. The van der Waals surface area contributed by atoms with Crippen molar-refractivity contribution in [1.29, 1.82) is 0 Å². The van der Waals surface area contributed by atoms with Gasteiger partial charge in [-0.2, -0.15) is 0 Å². The highest BCUT2D eigenvalue weighted by atomic mass is 16.6. The van der Waals surface area contributed by atoms with Gasteiger partial charge in [-0.3, -0.25) is 9.59 Å². The maximum atomic E-state index is 12.1. The van der Waals surface area contributed by atoms with Crippen LogP contribution in [0.5, 0.6) is 11.5 Å². The molecule has 1 amide bonds. The van der Waals surface area contributed by atoms with Crippen molar-refractivity contribution in [2.45, 2.75) is 31.7 Å². The SMILES string of the molecule is O=C(NC1CCCC1)C(=O)c1ccc2c(c1)OCCO2. The quantitative estimate of drug-likeness (QED) is 0.673. The number of carbonyl (C=O) groups excluding carboxylic acids is 2. The van der Waals surface area contributed by atoms with Gasteiger partial charge in [-0.15, -0.1) is 0 Å². The summed E-state index contributed by atoms with van der Waals surface area (Å²) >= 11 is 0. The molecule has 1 saturated carbocycles. The number of benzene rings is 1. The molecule has 2 aliphatic rings. The number of hydrogen-bond acceptors (Lipinski definition) is 4. The van der Waals surface area contributed by atoms with Gasteiger partial charge in [0.05, 0.1) is 0 Å². The molecule has 0 radical (unpaired) electrons. The molecule has 0 spiro atoms. The summed E-state index contributed by atoms with van der Waals surface area (Å²) in [5.74, 6) is 0.0854. The zero-order valence-corrected chi connectivity index (χ0v) is 11.2. The molecule has 20 heavy (non-hydrogen) atoms. The average molecular weight is 275 g/mol. The molecule has 0 unspecified atom stereocenters. The molecule has 1 aromatic carbocycles. The zero-order chi connectivity index (χ0) is 13.9. The second kappa shape index (κ2) is 5.53. The van der Waals surface area contributed by atoms with E-state index >= 15 is 0 Å². The number of carbonyl (C=O) groups is 2. The van der Waals surface area contributed by atoms with E-state index in [0.717, 1.165) is 25.7 Å². The molecule has 1 aromatic rings. The van der Waals surface area contributed by atoms with Gasteiger partial charge >= 0.3 is 0 Å². The Morgan fingerprint density at radius 1 is 1.05 bits per heavy atom. The van der Waals surface area contributed by atoms with Crippen LogP contribution in [0.3, 0.4) is 0 Å². The van der Waals surface area contributed by atoms with Crippen LogP contribution in [0.2, 0.25) is 0 Å². The lowest BCUT2D eigenvalue weighted by molar-refractivity contribution is -0.117. The summed E-state index contributed by atoms with van der Waals surface area (Å²) in [4.78, 5) is 24.0. The maximum Gasteiger partial charge on any atom is 0.292 e. The van der Waals surface area contributed by atoms with Crippen molar-refractivity contribution in [3.05, 3.63) is 23.8 Å². The first-order valence-electron chi connectivity index (χ1n) is 6.99. The molecule has 1 aliphatic heterocycles. The van der Waals surface area contributed by atoms with Crippen molar-refractivity contribution in [2.24, 2.45) is 0 Å². The number of Topliss-reactive ketones (excluding diaryl/α,β-unsaturated/α-hetero) is 1. The van der Waals surface area contributed by atoms with E-state index in [1.165, 1.54) is 0 Å². The molecule has 1 aliphatic carbocycles.